The number of carbonyl (C=O) groups is 1. The van der Waals surface area contributed by atoms with Gasteiger partial charge in [0, 0.05) is 12.1 Å². The predicted octanol–water partition coefficient (Wildman–Crippen LogP) is 0.422. The van der Waals surface area contributed by atoms with Crippen molar-refractivity contribution in [3.63, 3.8) is 0 Å². The fourth-order valence-corrected chi connectivity index (χ4v) is 1.22. The highest BCUT2D eigenvalue weighted by Crippen LogP contribution is 2.21. The fraction of sp³-hybridized carbons (Fsp3) is 0.222. The van der Waals surface area contributed by atoms with Gasteiger partial charge in [0.25, 0.3) is 11.6 Å². The van der Waals surface area contributed by atoms with Crippen LogP contribution in [-0.4, -0.2) is 15.9 Å². The number of carbonyl (C=O) groups excluding carboxylic acids is 1. The van der Waals surface area contributed by atoms with Gasteiger partial charge in [0.2, 0.25) is 0 Å². The Morgan fingerprint density at radius 1 is 1.53 bits per heavy atom. The van der Waals surface area contributed by atoms with Gasteiger partial charge < -0.3 is 10.8 Å². The van der Waals surface area contributed by atoms with Gasteiger partial charge in [-0.1, -0.05) is 6.07 Å². The molecule has 6 nitrogen and oxygen atoms in total. The Hall–Kier alpha value is -1.95. The largest absolute Gasteiger partial charge is 0.378 e. The maximum absolute atomic E-state index is 10.7. The van der Waals surface area contributed by atoms with Crippen LogP contribution < -0.4 is 5.73 Å². The molecule has 3 N–H and O–H groups in total. The van der Waals surface area contributed by atoms with E-state index in [0.717, 1.165) is 6.07 Å². The van der Waals surface area contributed by atoms with Gasteiger partial charge in [-0.15, -0.1) is 0 Å². The molecule has 0 heterocycles. The SMILES string of the molecule is Cc1cc(C(O)C(N)=O)cc([N+](=O)[O-])c1. The summed E-state index contributed by atoms with van der Waals surface area (Å²) in [5.41, 5.74) is 5.43. The number of nitrogens with two attached hydrogens (primary N) is 1. The monoisotopic (exact) mass is 210 g/mol. The van der Waals surface area contributed by atoms with Gasteiger partial charge in [-0.25, -0.2) is 0 Å². The summed E-state index contributed by atoms with van der Waals surface area (Å²) in [5, 5.41) is 19.8. The first kappa shape index (κ1) is 11.1. The number of primary amides is 1. The molecule has 1 aromatic carbocycles. The minimum absolute atomic E-state index is 0.134. The zero-order valence-corrected chi connectivity index (χ0v) is 8.01. The van der Waals surface area contributed by atoms with E-state index in [2.05, 4.69) is 0 Å². The van der Waals surface area contributed by atoms with Crippen LogP contribution in [0.15, 0.2) is 18.2 Å². The Kier molecular flexibility index (Phi) is 3.01. The van der Waals surface area contributed by atoms with Crippen molar-refractivity contribution in [2.24, 2.45) is 5.73 Å². The number of hydrogen-bond donors (Lipinski definition) is 2. The molecule has 15 heavy (non-hydrogen) atoms. The molecule has 6 heteroatoms. The van der Waals surface area contributed by atoms with E-state index < -0.39 is 16.9 Å². The lowest BCUT2D eigenvalue weighted by molar-refractivity contribution is -0.385. The molecule has 0 bridgehead atoms. The van der Waals surface area contributed by atoms with E-state index in [1.807, 2.05) is 0 Å². The topological polar surface area (TPSA) is 106 Å². The van der Waals surface area contributed by atoms with Crippen LogP contribution in [0.5, 0.6) is 0 Å². The minimum Gasteiger partial charge on any atom is -0.378 e. The number of benzene rings is 1. The number of nitro benzene ring substituents is 1. The Labute approximate surface area is 85.5 Å². The van der Waals surface area contributed by atoms with Crippen LogP contribution in [0.2, 0.25) is 0 Å². The number of aryl methyl sites for hydroxylation is 1. The molecule has 80 valence electrons. The van der Waals surface area contributed by atoms with Gasteiger partial charge in [0.15, 0.2) is 6.10 Å². The van der Waals surface area contributed by atoms with Crippen molar-refractivity contribution in [1.82, 2.24) is 0 Å². The summed E-state index contributed by atoms with van der Waals surface area (Å²) in [6.45, 7) is 1.63. The molecule has 0 radical (unpaired) electrons. The third-order valence-corrected chi connectivity index (χ3v) is 1.88. The third kappa shape index (κ3) is 2.50. The molecule has 1 atom stereocenters. The van der Waals surface area contributed by atoms with E-state index in [1.54, 1.807) is 6.92 Å². The van der Waals surface area contributed by atoms with Crippen molar-refractivity contribution < 1.29 is 14.8 Å². The second kappa shape index (κ2) is 4.05. The lowest BCUT2D eigenvalue weighted by Crippen LogP contribution is -2.21. The van der Waals surface area contributed by atoms with Crippen LogP contribution >= 0.6 is 0 Å². The van der Waals surface area contributed by atoms with Gasteiger partial charge in [-0.2, -0.15) is 0 Å². The van der Waals surface area contributed by atoms with Crippen molar-refractivity contribution >= 4 is 11.6 Å². The summed E-state index contributed by atoms with van der Waals surface area (Å²) in [4.78, 5) is 20.6. The fourth-order valence-electron chi connectivity index (χ4n) is 1.22. The number of amides is 1. The molecular formula is C9H10N2O4. The van der Waals surface area contributed by atoms with Crippen LogP contribution in [0.4, 0.5) is 5.69 Å². The van der Waals surface area contributed by atoms with Gasteiger partial charge in [-0.3, -0.25) is 14.9 Å². The molecule has 0 spiro atoms. The summed E-state index contributed by atoms with van der Waals surface area (Å²) in [7, 11) is 0. The van der Waals surface area contributed by atoms with Crippen molar-refractivity contribution in [2.75, 3.05) is 0 Å². The predicted molar refractivity (Wildman–Crippen MR) is 52.0 cm³/mol. The van der Waals surface area contributed by atoms with Gasteiger partial charge >= 0.3 is 0 Å². The standard InChI is InChI=1S/C9H10N2O4/c1-5-2-6(8(12)9(10)13)4-7(3-5)11(14)15/h2-4,8,12H,1H3,(H2,10,13). The van der Waals surface area contributed by atoms with E-state index >= 15 is 0 Å². The average Bonchev–Trinajstić information content (AvgIpc) is 2.15. The maximum atomic E-state index is 10.7. The highest BCUT2D eigenvalue weighted by molar-refractivity contribution is 5.80. The van der Waals surface area contributed by atoms with Gasteiger partial charge in [0.1, 0.15) is 0 Å². The molecule has 1 unspecified atom stereocenters. The summed E-state index contributed by atoms with van der Waals surface area (Å²) in [5.74, 6) is -0.935. The van der Waals surface area contributed by atoms with E-state index in [9.17, 15) is 20.0 Å². The highest BCUT2D eigenvalue weighted by atomic mass is 16.6. The van der Waals surface area contributed by atoms with Crippen molar-refractivity contribution in [1.29, 1.82) is 0 Å². The smallest absolute Gasteiger partial charge is 0.270 e. The van der Waals surface area contributed by atoms with E-state index in [0.29, 0.717) is 5.56 Å². The number of non-ortho nitro benzene ring substituents is 1. The maximum Gasteiger partial charge on any atom is 0.270 e. The molecule has 0 aliphatic rings. The van der Waals surface area contributed by atoms with Crippen LogP contribution in [-0.2, 0) is 4.79 Å². The molecular weight excluding hydrogens is 200 g/mol. The molecule has 0 saturated heterocycles. The van der Waals surface area contributed by atoms with Crippen molar-refractivity contribution in [2.45, 2.75) is 13.0 Å². The van der Waals surface area contributed by atoms with E-state index in [1.165, 1.54) is 12.1 Å². The Balaban J connectivity index is 3.20. The molecule has 0 aliphatic carbocycles. The van der Waals surface area contributed by atoms with Gasteiger partial charge in [0.05, 0.1) is 4.92 Å². The number of rotatable bonds is 3. The lowest BCUT2D eigenvalue weighted by atomic mass is 10.1. The molecule has 0 fully saturated rings. The van der Waals surface area contributed by atoms with Crippen LogP contribution in [0.25, 0.3) is 0 Å². The first-order valence-corrected chi connectivity index (χ1v) is 4.15. The molecule has 1 aromatic rings. The number of hydrogen-bond acceptors (Lipinski definition) is 4. The second-order valence-electron chi connectivity index (χ2n) is 3.16. The number of aliphatic hydroxyl groups excluding tert-OH is 1. The lowest BCUT2D eigenvalue weighted by Gasteiger charge is -2.07. The molecule has 1 amide bonds. The second-order valence-corrected chi connectivity index (χ2v) is 3.16. The van der Waals surface area contributed by atoms with Crippen molar-refractivity contribution in [3.05, 3.63) is 39.4 Å². The zero-order chi connectivity index (χ0) is 11.6. The number of nitrogens with zero attached hydrogens (tertiary/aromatic N) is 1. The van der Waals surface area contributed by atoms with Crippen LogP contribution in [0.1, 0.15) is 17.2 Å². The summed E-state index contributed by atoms with van der Waals surface area (Å²) in [6, 6.07) is 3.95. The molecule has 0 saturated carbocycles. The van der Waals surface area contributed by atoms with Crippen LogP contribution in [0.3, 0.4) is 0 Å². The number of aliphatic hydroxyl groups is 1. The first-order valence-electron chi connectivity index (χ1n) is 4.15. The van der Waals surface area contributed by atoms with Crippen LogP contribution in [0, 0.1) is 17.0 Å². The first-order chi connectivity index (χ1) is 6.91. The molecule has 0 aromatic heterocycles. The quantitative estimate of drug-likeness (QED) is 0.556. The van der Waals surface area contributed by atoms with Crippen molar-refractivity contribution in [3.8, 4) is 0 Å². The third-order valence-electron chi connectivity index (χ3n) is 1.88. The Morgan fingerprint density at radius 3 is 2.60 bits per heavy atom. The van der Waals surface area contributed by atoms with E-state index in [-0.39, 0.29) is 11.3 Å². The molecule has 0 aliphatic heterocycles. The summed E-state index contributed by atoms with van der Waals surface area (Å²) < 4.78 is 0. The zero-order valence-electron chi connectivity index (χ0n) is 8.01. The normalized spacial score (nSPS) is 12.1. The number of nitro groups is 1. The summed E-state index contributed by atoms with van der Waals surface area (Å²) >= 11 is 0. The Bertz CT molecular complexity index is 417. The molecule has 1 rings (SSSR count). The summed E-state index contributed by atoms with van der Waals surface area (Å²) in [6.07, 6.45) is -1.51. The highest BCUT2D eigenvalue weighted by Gasteiger charge is 2.17. The average molecular weight is 210 g/mol. The minimum atomic E-state index is -1.51. The Morgan fingerprint density at radius 2 is 2.13 bits per heavy atom. The van der Waals surface area contributed by atoms with E-state index in [4.69, 9.17) is 5.73 Å². The van der Waals surface area contributed by atoms with Gasteiger partial charge in [-0.05, 0) is 18.1 Å².